The van der Waals surface area contributed by atoms with E-state index in [-0.39, 0.29) is 0 Å². The van der Waals surface area contributed by atoms with Gasteiger partial charge in [0.25, 0.3) is 0 Å². The molecule has 1 aromatic rings. The van der Waals surface area contributed by atoms with Gasteiger partial charge in [0.15, 0.2) is 6.29 Å². The van der Waals surface area contributed by atoms with Crippen molar-refractivity contribution in [3.8, 4) is 0 Å². The van der Waals surface area contributed by atoms with Gasteiger partial charge in [0, 0.05) is 5.69 Å². The standard InChI is InChI=1S/C10H14N2O/c1-7(9-3-4-9)12-8(2)10(6-13)5-11-12/h5-7,9H,3-4H2,1-2H3. The smallest absolute Gasteiger partial charge is 0.153 e. The van der Waals surface area contributed by atoms with Crippen molar-refractivity contribution in [2.45, 2.75) is 32.7 Å². The van der Waals surface area contributed by atoms with Crippen LogP contribution in [-0.4, -0.2) is 16.1 Å². The van der Waals surface area contributed by atoms with E-state index in [2.05, 4.69) is 12.0 Å². The van der Waals surface area contributed by atoms with Crippen LogP contribution in [0.5, 0.6) is 0 Å². The van der Waals surface area contributed by atoms with Crippen molar-refractivity contribution in [1.29, 1.82) is 0 Å². The van der Waals surface area contributed by atoms with E-state index in [0.717, 1.165) is 17.9 Å². The van der Waals surface area contributed by atoms with Gasteiger partial charge in [-0.25, -0.2) is 0 Å². The molecule has 3 nitrogen and oxygen atoms in total. The van der Waals surface area contributed by atoms with E-state index in [1.807, 2.05) is 11.6 Å². The van der Waals surface area contributed by atoms with E-state index in [9.17, 15) is 4.79 Å². The van der Waals surface area contributed by atoms with Crippen LogP contribution in [0.15, 0.2) is 6.20 Å². The summed E-state index contributed by atoms with van der Waals surface area (Å²) in [5.41, 5.74) is 1.71. The third kappa shape index (κ3) is 1.39. The van der Waals surface area contributed by atoms with Gasteiger partial charge in [-0.05, 0) is 32.6 Å². The Bertz CT molecular complexity index is 326. The Kier molecular flexibility index (Phi) is 1.94. The second kappa shape index (κ2) is 2.98. The first kappa shape index (κ1) is 8.48. The van der Waals surface area contributed by atoms with Crippen LogP contribution in [0.2, 0.25) is 0 Å². The normalized spacial score (nSPS) is 18.6. The number of hydrogen-bond donors (Lipinski definition) is 0. The second-order valence-electron chi connectivity index (χ2n) is 3.83. The largest absolute Gasteiger partial charge is 0.298 e. The third-order valence-electron chi connectivity index (χ3n) is 2.90. The van der Waals surface area contributed by atoms with Crippen LogP contribution < -0.4 is 0 Å². The number of carbonyl (C=O) groups is 1. The Labute approximate surface area is 77.7 Å². The molecule has 0 aliphatic heterocycles. The minimum atomic E-state index is 0.452. The van der Waals surface area contributed by atoms with Crippen LogP contribution in [0.25, 0.3) is 0 Å². The van der Waals surface area contributed by atoms with Crippen molar-refractivity contribution < 1.29 is 4.79 Å². The minimum absolute atomic E-state index is 0.452. The van der Waals surface area contributed by atoms with E-state index in [1.54, 1.807) is 6.20 Å². The van der Waals surface area contributed by atoms with E-state index in [1.165, 1.54) is 12.8 Å². The zero-order valence-corrected chi connectivity index (χ0v) is 8.03. The minimum Gasteiger partial charge on any atom is -0.298 e. The summed E-state index contributed by atoms with van der Waals surface area (Å²) in [4.78, 5) is 10.6. The van der Waals surface area contributed by atoms with Crippen molar-refractivity contribution in [1.82, 2.24) is 9.78 Å². The lowest BCUT2D eigenvalue weighted by molar-refractivity contribution is 0.112. The Morgan fingerprint density at radius 3 is 2.85 bits per heavy atom. The summed E-state index contributed by atoms with van der Waals surface area (Å²) in [5.74, 6) is 0.776. The number of nitrogens with zero attached hydrogens (tertiary/aromatic N) is 2. The van der Waals surface area contributed by atoms with Crippen molar-refractivity contribution in [2.75, 3.05) is 0 Å². The molecular formula is C10H14N2O. The lowest BCUT2D eigenvalue weighted by Crippen LogP contribution is -2.10. The topological polar surface area (TPSA) is 34.9 Å². The summed E-state index contributed by atoms with van der Waals surface area (Å²) in [6, 6.07) is 0.452. The lowest BCUT2D eigenvalue weighted by atomic mass is 10.2. The van der Waals surface area contributed by atoms with Gasteiger partial charge < -0.3 is 0 Å². The molecule has 0 spiro atoms. The molecule has 0 N–H and O–H groups in total. The van der Waals surface area contributed by atoms with Crippen LogP contribution in [0.4, 0.5) is 0 Å². The van der Waals surface area contributed by atoms with Gasteiger partial charge in [0.05, 0.1) is 17.8 Å². The Morgan fingerprint density at radius 2 is 2.38 bits per heavy atom. The Morgan fingerprint density at radius 1 is 1.69 bits per heavy atom. The second-order valence-corrected chi connectivity index (χ2v) is 3.83. The summed E-state index contributed by atoms with van der Waals surface area (Å²) >= 11 is 0. The van der Waals surface area contributed by atoms with Gasteiger partial charge in [-0.1, -0.05) is 0 Å². The van der Waals surface area contributed by atoms with Crippen LogP contribution >= 0.6 is 0 Å². The van der Waals surface area contributed by atoms with Gasteiger partial charge >= 0.3 is 0 Å². The SMILES string of the molecule is Cc1c(C=O)cnn1C(C)C1CC1. The molecular weight excluding hydrogens is 164 g/mol. The van der Waals surface area contributed by atoms with Crippen LogP contribution in [0.3, 0.4) is 0 Å². The van der Waals surface area contributed by atoms with E-state index in [4.69, 9.17) is 0 Å². The number of aromatic nitrogens is 2. The first-order valence-electron chi connectivity index (χ1n) is 4.73. The third-order valence-corrected chi connectivity index (χ3v) is 2.90. The zero-order chi connectivity index (χ0) is 9.42. The quantitative estimate of drug-likeness (QED) is 0.663. The molecule has 0 amide bonds. The highest BCUT2D eigenvalue weighted by atomic mass is 16.1. The van der Waals surface area contributed by atoms with Crippen LogP contribution in [0.1, 0.15) is 41.9 Å². The molecule has 0 radical (unpaired) electrons. The molecule has 1 unspecified atom stereocenters. The van der Waals surface area contributed by atoms with Crippen molar-refractivity contribution >= 4 is 6.29 Å². The average molecular weight is 178 g/mol. The summed E-state index contributed by atoms with van der Waals surface area (Å²) in [6.45, 7) is 4.13. The maximum atomic E-state index is 10.6. The molecule has 1 aliphatic rings. The molecule has 1 atom stereocenters. The average Bonchev–Trinajstić information content (AvgIpc) is 2.89. The van der Waals surface area contributed by atoms with Gasteiger partial charge in [0.1, 0.15) is 0 Å². The van der Waals surface area contributed by atoms with E-state index in [0.29, 0.717) is 11.6 Å². The Balaban J connectivity index is 2.28. The highest BCUT2D eigenvalue weighted by Crippen LogP contribution is 2.39. The first-order valence-corrected chi connectivity index (χ1v) is 4.73. The van der Waals surface area contributed by atoms with E-state index >= 15 is 0 Å². The fourth-order valence-corrected chi connectivity index (χ4v) is 1.74. The highest BCUT2D eigenvalue weighted by Gasteiger charge is 2.30. The van der Waals surface area contributed by atoms with Crippen LogP contribution in [0, 0.1) is 12.8 Å². The molecule has 1 fully saturated rings. The van der Waals surface area contributed by atoms with Gasteiger partial charge in [-0.15, -0.1) is 0 Å². The van der Waals surface area contributed by atoms with Crippen LogP contribution in [-0.2, 0) is 0 Å². The molecule has 0 bridgehead atoms. The predicted octanol–water partition coefficient (Wildman–Crippen LogP) is 1.98. The molecule has 1 aromatic heterocycles. The number of aldehydes is 1. The number of carbonyl (C=O) groups excluding carboxylic acids is 1. The molecule has 1 saturated carbocycles. The van der Waals surface area contributed by atoms with Gasteiger partial charge in [-0.2, -0.15) is 5.10 Å². The fraction of sp³-hybridized carbons (Fsp3) is 0.600. The number of hydrogen-bond acceptors (Lipinski definition) is 2. The molecule has 3 heteroatoms. The Hall–Kier alpha value is -1.12. The molecule has 0 aromatic carbocycles. The predicted molar refractivity (Wildman–Crippen MR) is 49.8 cm³/mol. The maximum Gasteiger partial charge on any atom is 0.153 e. The van der Waals surface area contributed by atoms with Gasteiger partial charge in [0.2, 0.25) is 0 Å². The first-order chi connectivity index (χ1) is 6.24. The van der Waals surface area contributed by atoms with Crippen molar-refractivity contribution in [3.63, 3.8) is 0 Å². The summed E-state index contributed by atoms with van der Waals surface area (Å²) in [5, 5.41) is 4.23. The number of rotatable bonds is 3. The van der Waals surface area contributed by atoms with E-state index < -0.39 is 0 Å². The summed E-state index contributed by atoms with van der Waals surface area (Å²) < 4.78 is 1.97. The lowest BCUT2D eigenvalue weighted by Gasteiger charge is -2.12. The molecule has 0 saturated heterocycles. The summed E-state index contributed by atoms with van der Waals surface area (Å²) in [6.07, 6.45) is 5.13. The zero-order valence-electron chi connectivity index (χ0n) is 8.03. The summed E-state index contributed by atoms with van der Waals surface area (Å²) in [7, 11) is 0. The molecule has 1 aliphatic carbocycles. The fourth-order valence-electron chi connectivity index (χ4n) is 1.74. The molecule has 13 heavy (non-hydrogen) atoms. The highest BCUT2D eigenvalue weighted by molar-refractivity contribution is 5.75. The molecule has 70 valence electrons. The molecule has 2 rings (SSSR count). The monoisotopic (exact) mass is 178 g/mol. The van der Waals surface area contributed by atoms with Crippen molar-refractivity contribution in [3.05, 3.63) is 17.5 Å². The maximum absolute atomic E-state index is 10.6. The molecule has 1 heterocycles. The van der Waals surface area contributed by atoms with Crippen molar-refractivity contribution in [2.24, 2.45) is 5.92 Å². The van der Waals surface area contributed by atoms with Gasteiger partial charge in [-0.3, -0.25) is 9.48 Å².